The molecule has 0 amide bonds. The molecule has 1 aliphatic rings. The number of aromatic nitrogens is 1. The average Bonchev–Trinajstić information content (AvgIpc) is 3.24. The van der Waals surface area contributed by atoms with Crippen LogP contribution in [0.25, 0.3) is 53.7 Å². The van der Waals surface area contributed by atoms with E-state index >= 15 is 0 Å². The van der Waals surface area contributed by atoms with Crippen molar-refractivity contribution in [2.75, 3.05) is 5.32 Å². The van der Waals surface area contributed by atoms with Crippen molar-refractivity contribution >= 4 is 42.9 Å². The average molecular weight is 455 g/mol. The molecule has 0 saturated carbocycles. The van der Waals surface area contributed by atoms with Gasteiger partial charge in [0.15, 0.2) is 0 Å². The Labute approximate surface area is 202 Å². The standard InChI is InChI=1S/C31H22N2S/c1-18-10-13-26(32-17-18)20-11-14-27-25(16-20)21-7-5-8-22(19(21)2)30-28(33-27)15-12-24-23-6-3-4-9-29(23)34-31(24)30/h3-17,33H,1-2H3. The minimum Gasteiger partial charge on any atom is -0.354 e. The first-order chi connectivity index (χ1) is 16.7. The van der Waals surface area contributed by atoms with Gasteiger partial charge in [-0.1, -0.05) is 54.6 Å². The molecule has 7 rings (SSSR count). The fourth-order valence-corrected chi connectivity index (χ4v) is 6.44. The molecule has 0 spiro atoms. The first kappa shape index (κ1) is 19.5. The van der Waals surface area contributed by atoms with E-state index in [1.165, 1.54) is 53.6 Å². The number of fused-ring (bicyclic) bond motifs is 10. The largest absolute Gasteiger partial charge is 0.354 e. The third kappa shape index (κ3) is 2.84. The second kappa shape index (κ2) is 7.28. The molecule has 1 aliphatic heterocycles. The first-order valence-corrected chi connectivity index (χ1v) is 12.4. The van der Waals surface area contributed by atoms with Crippen molar-refractivity contribution < 1.29 is 0 Å². The Bertz CT molecular complexity index is 1740. The van der Waals surface area contributed by atoms with Gasteiger partial charge in [0, 0.05) is 54.4 Å². The van der Waals surface area contributed by atoms with Crippen molar-refractivity contribution in [3.63, 3.8) is 0 Å². The van der Waals surface area contributed by atoms with Crippen LogP contribution in [0.15, 0.2) is 91.1 Å². The van der Waals surface area contributed by atoms with Crippen molar-refractivity contribution in [2.45, 2.75) is 13.8 Å². The number of hydrogen-bond acceptors (Lipinski definition) is 3. The molecule has 162 valence electrons. The number of rotatable bonds is 1. The molecule has 1 N–H and O–H groups in total. The predicted molar refractivity (Wildman–Crippen MR) is 146 cm³/mol. The third-order valence-corrected chi connectivity index (χ3v) is 8.14. The molecule has 2 aromatic heterocycles. The van der Waals surface area contributed by atoms with E-state index in [1.807, 2.05) is 17.5 Å². The van der Waals surface area contributed by atoms with Gasteiger partial charge in [0.25, 0.3) is 0 Å². The highest BCUT2D eigenvalue weighted by atomic mass is 32.1. The van der Waals surface area contributed by atoms with Gasteiger partial charge in [0.05, 0.1) is 5.69 Å². The van der Waals surface area contributed by atoms with E-state index in [0.717, 1.165) is 22.6 Å². The normalized spacial score (nSPS) is 12.1. The van der Waals surface area contributed by atoms with E-state index in [9.17, 15) is 0 Å². The number of aryl methyl sites for hydroxylation is 1. The highest BCUT2D eigenvalue weighted by Crippen LogP contribution is 2.49. The maximum atomic E-state index is 4.66. The number of nitrogens with one attached hydrogen (secondary N) is 1. The Morgan fingerprint density at radius 1 is 0.706 bits per heavy atom. The van der Waals surface area contributed by atoms with E-state index < -0.39 is 0 Å². The van der Waals surface area contributed by atoms with Crippen LogP contribution in [0.5, 0.6) is 0 Å². The van der Waals surface area contributed by atoms with Gasteiger partial charge in [-0.25, -0.2) is 0 Å². The summed E-state index contributed by atoms with van der Waals surface area (Å²) in [5.41, 5.74) is 11.9. The molecule has 2 nitrogen and oxygen atoms in total. The smallest absolute Gasteiger partial charge is 0.0702 e. The summed E-state index contributed by atoms with van der Waals surface area (Å²) in [6.07, 6.45) is 1.93. The second-order valence-corrected chi connectivity index (χ2v) is 10.1. The lowest BCUT2D eigenvalue weighted by Crippen LogP contribution is -2.02. The van der Waals surface area contributed by atoms with Crippen LogP contribution >= 0.6 is 11.3 Å². The third-order valence-electron chi connectivity index (χ3n) is 6.94. The number of benzene rings is 4. The quantitative estimate of drug-likeness (QED) is 0.267. The van der Waals surface area contributed by atoms with Gasteiger partial charge < -0.3 is 5.32 Å². The van der Waals surface area contributed by atoms with Crippen LogP contribution in [0, 0.1) is 13.8 Å². The highest BCUT2D eigenvalue weighted by Gasteiger charge is 2.22. The Kier molecular flexibility index (Phi) is 4.18. The van der Waals surface area contributed by atoms with Crippen LogP contribution in [0.2, 0.25) is 0 Å². The van der Waals surface area contributed by atoms with Gasteiger partial charge in [-0.05, 0) is 66.4 Å². The Morgan fingerprint density at radius 2 is 1.56 bits per heavy atom. The van der Waals surface area contributed by atoms with Gasteiger partial charge in [-0.2, -0.15) is 0 Å². The van der Waals surface area contributed by atoms with Crippen molar-refractivity contribution in [1.29, 1.82) is 0 Å². The number of hydrogen-bond donors (Lipinski definition) is 1. The van der Waals surface area contributed by atoms with E-state index in [2.05, 4.69) is 109 Å². The van der Waals surface area contributed by atoms with Crippen LogP contribution < -0.4 is 5.32 Å². The molecular weight excluding hydrogens is 432 g/mol. The zero-order valence-corrected chi connectivity index (χ0v) is 19.8. The van der Waals surface area contributed by atoms with Crippen LogP contribution in [0.3, 0.4) is 0 Å². The summed E-state index contributed by atoms with van der Waals surface area (Å²) in [6.45, 7) is 4.33. The van der Waals surface area contributed by atoms with Crippen LogP contribution in [-0.2, 0) is 0 Å². The lowest BCUT2D eigenvalue weighted by Gasteiger charge is -2.23. The zero-order valence-electron chi connectivity index (χ0n) is 19.0. The van der Waals surface area contributed by atoms with Crippen molar-refractivity contribution in [3.05, 3.63) is 102 Å². The van der Waals surface area contributed by atoms with Gasteiger partial charge in [0.2, 0.25) is 0 Å². The molecule has 2 bridgehead atoms. The molecule has 0 radical (unpaired) electrons. The lowest BCUT2D eigenvalue weighted by molar-refractivity contribution is 1.27. The van der Waals surface area contributed by atoms with Gasteiger partial charge in [-0.3, -0.25) is 4.98 Å². The lowest BCUT2D eigenvalue weighted by atomic mass is 9.88. The van der Waals surface area contributed by atoms with Crippen LogP contribution in [-0.4, -0.2) is 4.98 Å². The van der Waals surface area contributed by atoms with Gasteiger partial charge in [-0.15, -0.1) is 11.3 Å². The molecule has 0 aliphatic carbocycles. The second-order valence-electron chi connectivity index (χ2n) is 9.05. The first-order valence-electron chi connectivity index (χ1n) is 11.6. The number of thiophene rings is 1. The summed E-state index contributed by atoms with van der Waals surface area (Å²) in [7, 11) is 0. The maximum Gasteiger partial charge on any atom is 0.0702 e. The molecule has 6 aromatic rings. The molecule has 0 atom stereocenters. The predicted octanol–water partition coefficient (Wildman–Crippen LogP) is 9.12. The summed E-state index contributed by atoms with van der Waals surface area (Å²) in [4.78, 5) is 4.66. The molecular formula is C31H22N2S. The monoisotopic (exact) mass is 454 g/mol. The van der Waals surface area contributed by atoms with Crippen molar-refractivity contribution in [1.82, 2.24) is 4.98 Å². The molecule has 0 saturated heterocycles. The summed E-state index contributed by atoms with van der Waals surface area (Å²) in [6, 6.07) is 30.8. The summed E-state index contributed by atoms with van der Waals surface area (Å²) in [5, 5.41) is 6.45. The number of anilines is 2. The maximum absolute atomic E-state index is 4.66. The molecule has 4 aromatic carbocycles. The van der Waals surface area contributed by atoms with Crippen LogP contribution in [0.1, 0.15) is 11.1 Å². The van der Waals surface area contributed by atoms with E-state index in [4.69, 9.17) is 0 Å². The van der Waals surface area contributed by atoms with E-state index in [-0.39, 0.29) is 0 Å². The summed E-state index contributed by atoms with van der Waals surface area (Å²) < 4.78 is 2.67. The fourth-order valence-electron chi connectivity index (χ4n) is 5.18. The van der Waals surface area contributed by atoms with Crippen LogP contribution in [0.4, 0.5) is 11.4 Å². The zero-order chi connectivity index (χ0) is 22.8. The summed E-state index contributed by atoms with van der Waals surface area (Å²) >= 11 is 1.89. The minimum absolute atomic E-state index is 0.997. The molecule has 3 heteroatoms. The molecule has 34 heavy (non-hydrogen) atoms. The Balaban J connectivity index is 1.50. The molecule has 3 heterocycles. The molecule has 0 unspecified atom stereocenters. The highest BCUT2D eigenvalue weighted by molar-refractivity contribution is 7.26. The SMILES string of the molecule is Cc1ccc(-c2ccc3c(c2)-c2cccc(c2C)-c2c(ccc4c2sc2ccccc24)N3)nc1. The summed E-state index contributed by atoms with van der Waals surface area (Å²) in [5.74, 6) is 0. The number of nitrogens with zero attached hydrogens (tertiary/aromatic N) is 1. The van der Waals surface area contributed by atoms with Crippen molar-refractivity contribution in [2.24, 2.45) is 0 Å². The number of pyridine rings is 1. The van der Waals surface area contributed by atoms with Gasteiger partial charge >= 0.3 is 0 Å². The van der Waals surface area contributed by atoms with E-state index in [0.29, 0.717) is 0 Å². The van der Waals surface area contributed by atoms with Crippen molar-refractivity contribution in [3.8, 4) is 33.5 Å². The van der Waals surface area contributed by atoms with Gasteiger partial charge in [0.1, 0.15) is 0 Å². The topological polar surface area (TPSA) is 24.9 Å². The Hall–Kier alpha value is -3.95. The minimum atomic E-state index is 0.997. The Morgan fingerprint density at radius 3 is 2.44 bits per heavy atom. The molecule has 0 fully saturated rings. The fraction of sp³-hybridized carbons (Fsp3) is 0.0645. The van der Waals surface area contributed by atoms with E-state index in [1.54, 1.807) is 0 Å².